The van der Waals surface area contributed by atoms with Crippen LogP contribution in [-0.2, 0) is 13.6 Å². The fourth-order valence-electron chi connectivity index (χ4n) is 1.89. The van der Waals surface area contributed by atoms with Gasteiger partial charge in [0.25, 0.3) is 0 Å². The monoisotopic (exact) mass is 306 g/mol. The van der Waals surface area contributed by atoms with Gasteiger partial charge < -0.3 is 9.05 Å². The Morgan fingerprint density at radius 1 is 1.14 bits per heavy atom. The van der Waals surface area contributed by atoms with Gasteiger partial charge in [0.05, 0.1) is 19.4 Å². The molecule has 0 aliphatic rings. The van der Waals surface area contributed by atoms with E-state index in [4.69, 9.17) is 9.05 Å². The van der Waals surface area contributed by atoms with Gasteiger partial charge in [0.1, 0.15) is 0 Å². The SMILES string of the molecule is CCOP(=O)(OCC)c1[nH]ncc1/C=C/c1ccccc1. The first kappa shape index (κ1) is 15.7. The lowest BCUT2D eigenvalue weighted by Crippen LogP contribution is -2.14. The standard InChI is InChI=1S/C15H19N2O3P/c1-3-19-21(18,20-4-2)15-14(12-16-17-15)11-10-13-8-6-5-7-9-13/h5-12H,3-4H2,1-2H3,(H,16,17)/b11-10+. The Labute approximate surface area is 124 Å². The molecule has 0 aliphatic carbocycles. The molecule has 0 spiro atoms. The van der Waals surface area contributed by atoms with Crippen LogP contribution in [0.4, 0.5) is 0 Å². The molecule has 0 atom stereocenters. The molecule has 21 heavy (non-hydrogen) atoms. The second-order valence-electron chi connectivity index (χ2n) is 4.25. The molecule has 0 saturated carbocycles. The molecule has 0 bridgehead atoms. The molecule has 2 aromatic rings. The number of benzene rings is 1. The molecule has 5 nitrogen and oxygen atoms in total. The molecule has 6 heteroatoms. The summed E-state index contributed by atoms with van der Waals surface area (Å²) in [5, 5.41) is 6.69. The van der Waals surface area contributed by atoms with Gasteiger partial charge in [-0.1, -0.05) is 42.5 Å². The first-order valence-electron chi connectivity index (χ1n) is 6.85. The summed E-state index contributed by atoms with van der Waals surface area (Å²) in [5.74, 6) is 0. The highest BCUT2D eigenvalue weighted by Gasteiger charge is 2.30. The van der Waals surface area contributed by atoms with Crippen molar-refractivity contribution < 1.29 is 13.6 Å². The summed E-state index contributed by atoms with van der Waals surface area (Å²) in [4.78, 5) is 0. The fraction of sp³-hybridized carbons (Fsp3) is 0.267. The lowest BCUT2D eigenvalue weighted by atomic mass is 10.2. The van der Waals surface area contributed by atoms with E-state index < -0.39 is 7.60 Å². The summed E-state index contributed by atoms with van der Waals surface area (Å²) in [7, 11) is -3.35. The van der Waals surface area contributed by atoms with E-state index in [0.717, 1.165) is 5.56 Å². The highest BCUT2D eigenvalue weighted by atomic mass is 31.2. The Morgan fingerprint density at radius 3 is 2.43 bits per heavy atom. The molecule has 1 heterocycles. The predicted molar refractivity (Wildman–Crippen MR) is 84.5 cm³/mol. The van der Waals surface area contributed by atoms with Crippen LogP contribution >= 0.6 is 7.60 Å². The zero-order valence-corrected chi connectivity index (χ0v) is 13.0. The number of H-pyrrole nitrogens is 1. The van der Waals surface area contributed by atoms with Gasteiger partial charge >= 0.3 is 7.60 Å². The molecule has 1 aromatic heterocycles. The first-order chi connectivity index (χ1) is 10.2. The van der Waals surface area contributed by atoms with Gasteiger partial charge in [0.2, 0.25) is 0 Å². The minimum absolute atomic E-state index is 0.304. The smallest absolute Gasteiger partial charge is 0.304 e. The molecule has 0 fully saturated rings. The van der Waals surface area contributed by atoms with E-state index in [9.17, 15) is 4.57 Å². The normalized spacial score (nSPS) is 12.1. The number of nitrogens with one attached hydrogen (secondary N) is 1. The minimum Gasteiger partial charge on any atom is -0.304 e. The summed E-state index contributed by atoms with van der Waals surface area (Å²) in [6, 6.07) is 9.85. The minimum atomic E-state index is -3.35. The van der Waals surface area contributed by atoms with Crippen LogP contribution in [-0.4, -0.2) is 23.4 Å². The van der Waals surface area contributed by atoms with Crippen LogP contribution in [0, 0.1) is 0 Å². The Morgan fingerprint density at radius 2 is 1.81 bits per heavy atom. The van der Waals surface area contributed by atoms with Crippen molar-refractivity contribution in [1.29, 1.82) is 0 Å². The third-order valence-corrected chi connectivity index (χ3v) is 4.88. The molecule has 0 amide bonds. The molecule has 2 rings (SSSR count). The van der Waals surface area contributed by atoms with Crippen molar-refractivity contribution in [3.8, 4) is 0 Å². The maximum Gasteiger partial charge on any atom is 0.379 e. The van der Waals surface area contributed by atoms with Gasteiger partial charge in [-0.25, -0.2) is 0 Å². The van der Waals surface area contributed by atoms with Gasteiger partial charge in [-0.15, -0.1) is 0 Å². The van der Waals surface area contributed by atoms with E-state index in [-0.39, 0.29) is 0 Å². The number of hydrogen-bond donors (Lipinski definition) is 1. The molecule has 1 N–H and O–H groups in total. The summed E-state index contributed by atoms with van der Waals surface area (Å²) < 4.78 is 23.4. The average molecular weight is 306 g/mol. The molecule has 0 saturated heterocycles. The number of aromatic nitrogens is 2. The Kier molecular flexibility index (Phi) is 5.51. The van der Waals surface area contributed by atoms with Gasteiger partial charge in [-0.3, -0.25) is 9.66 Å². The maximum absolute atomic E-state index is 12.8. The lowest BCUT2D eigenvalue weighted by molar-refractivity contribution is 0.229. The van der Waals surface area contributed by atoms with Gasteiger partial charge in [0, 0.05) is 5.56 Å². The maximum atomic E-state index is 12.8. The largest absolute Gasteiger partial charge is 0.379 e. The topological polar surface area (TPSA) is 64.2 Å². The van der Waals surface area contributed by atoms with Crippen molar-refractivity contribution in [2.75, 3.05) is 13.2 Å². The molecular weight excluding hydrogens is 287 g/mol. The summed E-state index contributed by atoms with van der Waals surface area (Å²) in [5.41, 5.74) is 2.13. The van der Waals surface area contributed by atoms with E-state index in [1.54, 1.807) is 20.0 Å². The summed E-state index contributed by atoms with van der Waals surface area (Å²) >= 11 is 0. The van der Waals surface area contributed by atoms with E-state index in [2.05, 4.69) is 10.2 Å². The highest BCUT2D eigenvalue weighted by molar-refractivity contribution is 7.62. The van der Waals surface area contributed by atoms with E-state index in [0.29, 0.717) is 24.2 Å². The lowest BCUT2D eigenvalue weighted by Gasteiger charge is -2.15. The third kappa shape index (κ3) is 3.91. The number of rotatable bonds is 7. The van der Waals surface area contributed by atoms with E-state index >= 15 is 0 Å². The van der Waals surface area contributed by atoms with Gasteiger partial charge in [-0.05, 0) is 19.4 Å². The third-order valence-electron chi connectivity index (χ3n) is 2.77. The van der Waals surface area contributed by atoms with Crippen LogP contribution in [0.15, 0.2) is 36.5 Å². The fourth-order valence-corrected chi connectivity index (χ4v) is 3.53. The van der Waals surface area contributed by atoms with E-state index in [1.807, 2.05) is 42.5 Å². The van der Waals surface area contributed by atoms with Gasteiger partial charge in [-0.2, -0.15) is 5.10 Å². The van der Waals surface area contributed by atoms with Crippen LogP contribution in [0.5, 0.6) is 0 Å². The van der Waals surface area contributed by atoms with Crippen molar-refractivity contribution in [2.24, 2.45) is 0 Å². The number of aromatic amines is 1. The van der Waals surface area contributed by atoms with Crippen molar-refractivity contribution >= 4 is 25.2 Å². The second-order valence-corrected chi connectivity index (χ2v) is 6.21. The van der Waals surface area contributed by atoms with Crippen molar-refractivity contribution in [1.82, 2.24) is 10.2 Å². The van der Waals surface area contributed by atoms with Crippen molar-refractivity contribution in [2.45, 2.75) is 13.8 Å². The molecule has 112 valence electrons. The van der Waals surface area contributed by atoms with Crippen LogP contribution in [0.25, 0.3) is 12.2 Å². The van der Waals surface area contributed by atoms with Crippen molar-refractivity contribution in [3.05, 3.63) is 47.7 Å². The predicted octanol–water partition coefficient (Wildman–Crippen LogP) is 3.47. The quantitative estimate of drug-likeness (QED) is 0.796. The Bertz CT molecular complexity index is 627. The highest BCUT2D eigenvalue weighted by Crippen LogP contribution is 2.47. The van der Waals surface area contributed by atoms with Crippen LogP contribution in [0.1, 0.15) is 25.0 Å². The zero-order valence-electron chi connectivity index (χ0n) is 12.2. The second kappa shape index (κ2) is 7.36. The van der Waals surface area contributed by atoms with E-state index in [1.165, 1.54) is 0 Å². The Balaban J connectivity index is 2.29. The molecule has 0 unspecified atom stereocenters. The average Bonchev–Trinajstić information content (AvgIpc) is 2.96. The zero-order chi connectivity index (χ0) is 15.1. The number of nitrogens with zero attached hydrogens (tertiary/aromatic N) is 1. The van der Waals surface area contributed by atoms with Crippen LogP contribution in [0.2, 0.25) is 0 Å². The van der Waals surface area contributed by atoms with Gasteiger partial charge in [0.15, 0.2) is 5.44 Å². The molecular formula is C15H19N2O3P. The van der Waals surface area contributed by atoms with Crippen LogP contribution in [0.3, 0.4) is 0 Å². The first-order valence-corrected chi connectivity index (χ1v) is 8.40. The number of hydrogen-bond acceptors (Lipinski definition) is 4. The Hall–Kier alpha value is -1.68. The molecule has 1 aromatic carbocycles. The molecule has 0 radical (unpaired) electrons. The van der Waals surface area contributed by atoms with Crippen molar-refractivity contribution in [3.63, 3.8) is 0 Å². The molecule has 0 aliphatic heterocycles. The van der Waals surface area contributed by atoms with Crippen LogP contribution < -0.4 is 5.44 Å². The summed E-state index contributed by atoms with van der Waals surface area (Å²) in [6.07, 6.45) is 5.38. The summed E-state index contributed by atoms with van der Waals surface area (Å²) in [6.45, 7) is 4.17.